The van der Waals surface area contributed by atoms with Crippen LogP contribution in [0.15, 0.2) is 77.4 Å². The third kappa shape index (κ3) is 4.63. The van der Waals surface area contributed by atoms with E-state index in [1.807, 2.05) is 60.7 Å². The lowest BCUT2D eigenvalue weighted by Gasteiger charge is -2.10. The molecule has 0 aliphatic rings. The molecule has 1 heterocycles. The summed E-state index contributed by atoms with van der Waals surface area (Å²) in [6.45, 7) is 0.549. The van der Waals surface area contributed by atoms with Crippen molar-refractivity contribution in [2.75, 3.05) is 13.7 Å². The van der Waals surface area contributed by atoms with Crippen molar-refractivity contribution >= 4 is 17.6 Å². The molecular formula is C22H21NO3. The van der Waals surface area contributed by atoms with E-state index in [2.05, 4.69) is 5.32 Å². The van der Waals surface area contributed by atoms with Crippen molar-refractivity contribution in [1.29, 1.82) is 0 Å². The second-order valence-corrected chi connectivity index (χ2v) is 5.79. The highest BCUT2D eigenvalue weighted by Crippen LogP contribution is 2.19. The van der Waals surface area contributed by atoms with Gasteiger partial charge < -0.3 is 14.5 Å². The third-order valence-corrected chi connectivity index (χ3v) is 4.02. The molecule has 0 bridgehead atoms. The molecule has 0 radical (unpaired) electrons. The number of ether oxygens (including phenoxy) is 1. The molecule has 0 aliphatic heterocycles. The summed E-state index contributed by atoms with van der Waals surface area (Å²) in [4.78, 5) is 12.7. The maximum absolute atomic E-state index is 12.7. The van der Waals surface area contributed by atoms with E-state index < -0.39 is 0 Å². The largest absolute Gasteiger partial charge is 0.497 e. The predicted molar refractivity (Wildman–Crippen MR) is 103 cm³/mol. The first kappa shape index (κ1) is 17.5. The molecule has 0 saturated carbocycles. The molecule has 0 atom stereocenters. The molecule has 4 heteroatoms. The van der Waals surface area contributed by atoms with Gasteiger partial charge in [0.25, 0.3) is 5.91 Å². The molecule has 0 saturated heterocycles. The van der Waals surface area contributed by atoms with Crippen LogP contribution < -0.4 is 10.1 Å². The molecule has 1 N–H and O–H groups in total. The standard InChI is InChI=1S/C22H21NO3/c1-25-19-11-9-17(10-12-19)13-14-23-22(24)21(16-20-8-5-15-26-20)18-6-3-2-4-7-18/h2-12,15-16H,13-14H2,1H3,(H,23,24)/b21-16+. The second-order valence-electron chi connectivity index (χ2n) is 5.79. The van der Waals surface area contributed by atoms with Crippen LogP contribution in [0.3, 0.4) is 0 Å². The van der Waals surface area contributed by atoms with Crippen molar-refractivity contribution < 1.29 is 13.9 Å². The van der Waals surface area contributed by atoms with Crippen molar-refractivity contribution in [3.63, 3.8) is 0 Å². The Morgan fingerprint density at radius 2 is 1.81 bits per heavy atom. The Labute approximate surface area is 153 Å². The summed E-state index contributed by atoms with van der Waals surface area (Å²) in [6.07, 6.45) is 4.10. The van der Waals surface area contributed by atoms with Crippen LogP contribution in [-0.4, -0.2) is 19.6 Å². The van der Waals surface area contributed by atoms with Crippen molar-refractivity contribution in [1.82, 2.24) is 5.32 Å². The van der Waals surface area contributed by atoms with Gasteiger partial charge in [-0.2, -0.15) is 0 Å². The van der Waals surface area contributed by atoms with E-state index in [1.165, 1.54) is 0 Å². The maximum Gasteiger partial charge on any atom is 0.252 e. The van der Waals surface area contributed by atoms with Crippen LogP contribution >= 0.6 is 0 Å². The van der Waals surface area contributed by atoms with E-state index >= 15 is 0 Å². The van der Waals surface area contributed by atoms with Crippen LogP contribution in [0.2, 0.25) is 0 Å². The molecule has 4 nitrogen and oxygen atoms in total. The number of furan rings is 1. The van der Waals surface area contributed by atoms with Gasteiger partial charge in [0, 0.05) is 6.54 Å². The number of hydrogen-bond donors (Lipinski definition) is 1. The molecule has 3 rings (SSSR count). The minimum Gasteiger partial charge on any atom is -0.497 e. The molecule has 2 aromatic carbocycles. The quantitative estimate of drug-likeness (QED) is 0.652. The van der Waals surface area contributed by atoms with Gasteiger partial charge in [-0.3, -0.25) is 4.79 Å². The molecule has 1 aromatic heterocycles. The Bertz CT molecular complexity index is 850. The smallest absolute Gasteiger partial charge is 0.252 e. The lowest BCUT2D eigenvalue weighted by atomic mass is 10.0. The highest BCUT2D eigenvalue weighted by molar-refractivity contribution is 6.24. The zero-order valence-electron chi connectivity index (χ0n) is 14.6. The van der Waals surface area contributed by atoms with Crippen LogP contribution in [0.4, 0.5) is 0 Å². The molecule has 0 spiro atoms. The second kappa shape index (κ2) is 8.72. The lowest BCUT2D eigenvalue weighted by Crippen LogP contribution is -2.26. The Morgan fingerprint density at radius 1 is 1.04 bits per heavy atom. The van der Waals surface area contributed by atoms with Gasteiger partial charge >= 0.3 is 0 Å². The molecule has 0 fully saturated rings. The summed E-state index contributed by atoms with van der Waals surface area (Å²) in [5.74, 6) is 1.35. The topological polar surface area (TPSA) is 51.5 Å². The molecule has 132 valence electrons. The fourth-order valence-corrected chi connectivity index (χ4v) is 2.62. The minimum absolute atomic E-state index is 0.124. The van der Waals surface area contributed by atoms with Crippen LogP contribution in [0.5, 0.6) is 5.75 Å². The Hall–Kier alpha value is -3.27. The molecule has 0 unspecified atom stereocenters. The monoisotopic (exact) mass is 347 g/mol. The van der Waals surface area contributed by atoms with E-state index in [0.717, 1.165) is 23.3 Å². The van der Waals surface area contributed by atoms with Gasteiger partial charge in [-0.05, 0) is 47.9 Å². The van der Waals surface area contributed by atoms with Gasteiger partial charge in [0.1, 0.15) is 11.5 Å². The van der Waals surface area contributed by atoms with Gasteiger partial charge in [-0.15, -0.1) is 0 Å². The van der Waals surface area contributed by atoms with Gasteiger partial charge in [-0.25, -0.2) is 0 Å². The fourth-order valence-electron chi connectivity index (χ4n) is 2.62. The van der Waals surface area contributed by atoms with Crippen LogP contribution in [0.1, 0.15) is 16.9 Å². The molecule has 0 aliphatic carbocycles. The number of rotatable bonds is 7. The zero-order chi connectivity index (χ0) is 18.2. The number of benzene rings is 2. The first-order valence-electron chi connectivity index (χ1n) is 8.48. The van der Waals surface area contributed by atoms with E-state index in [4.69, 9.17) is 9.15 Å². The first-order valence-corrected chi connectivity index (χ1v) is 8.48. The van der Waals surface area contributed by atoms with Crippen molar-refractivity contribution in [3.8, 4) is 5.75 Å². The van der Waals surface area contributed by atoms with Crippen molar-refractivity contribution in [2.24, 2.45) is 0 Å². The Balaban J connectivity index is 1.67. The number of amides is 1. The minimum atomic E-state index is -0.124. The average molecular weight is 347 g/mol. The zero-order valence-corrected chi connectivity index (χ0v) is 14.6. The summed E-state index contributed by atoms with van der Waals surface area (Å²) in [6, 6.07) is 21.1. The summed E-state index contributed by atoms with van der Waals surface area (Å²) >= 11 is 0. The van der Waals surface area contributed by atoms with Crippen molar-refractivity contribution in [2.45, 2.75) is 6.42 Å². The normalized spacial score (nSPS) is 11.2. The molecule has 1 amide bonds. The molecule has 3 aromatic rings. The van der Waals surface area contributed by atoms with Gasteiger partial charge in [-0.1, -0.05) is 42.5 Å². The Kier molecular flexibility index (Phi) is 5.88. The first-order chi connectivity index (χ1) is 12.8. The third-order valence-electron chi connectivity index (χ3n) is 4.02. The van der Waals surface area contributed by atoms with Crippen LogP contribution in [-0.2, 0) is 11.2 Å². The maximum atomic E-state index is 12.7. The predicted octanol–water partition coefficient (Wildman–Crippen LogP) is 4.19. The summed E-state index contributed by atoms with van der Waals surface area (Å²) in [7, 11) is 1.64. The van der Waals surface area contributed by atoms with Gasteiger partial charge in [0.15, 0.2) is 0 Å². The Morgan fingerprint density at radius 3 is 2.46 bits per heavy atom. The average Bonchev–Trinajstić information content (AvgIpc) is 3.20. The number of methoxy groups -OCH3 is 1. The number of carbonyl (C=O) groups is 1. The van der Waals surface area contributed by atoms with E-state index in [9.17, 15) is 4.79 Å². The SMILES string of the molecule is COc1ccc(CCNC(=O)/C(=C/c2ccco2)c2ccccc2)cc1. The van der Waals surface area contributed by atoms with Gasteiger partial charge in [0.2, 0.25) is 0 Å². The summed E-state index contributed by atoms with van der Waals surface area (Å²) in [5.41, 5.74) is 2.57. The van der Waals surface area contributed by atoms with E-state index in [1.54, 1.807) is 25.5 Å². The van der Waals surface area contributed by atoms with Gasteiger partial charge in [0.05, 0.1) is 18.9 Å². The highest BCUT2D eigenvalue weighted by atomic mass is 16.5. The van der Waals surface area contributed by atoms with Crippen LogP contribution in [0, 0.1) is 0 Å². The van der Waals surface area contributed by atoms with Crippen molar-refractivity contribution in [3.05, 3.63) is 89.9 Å². The number of nitrogens with one attached hydrogen (secondary N) is 1. The molecular weight excluding hydrogens is 326 g/mol. The van der Waals surface area contributed by atoms with Crippen LogP contribution in [0.25, 0.3) is 11.6 Å². The fraction of sp³-hybridized carbons (Fsp3) is 0.136. The summed E-state index contributed by atoms with van der Waals surface area (Å²) in [5, 5.41) is 2.99. The lowest BCUT2D eigenvalue weighted by molar-refractivity contribution is -0.115. The highest BCUT2D eigenvalue weighted by Gasteiger charge is 2.12. The number of hydrogen-bond acceptors (Lipinski definition) is 3. The van der Waals surface area contributed by atoms with E-state index in [0.29, 0.717) is 17.9 Å². The van der Waals surface area contributed by atoms with E-state index in [-0.39, 0.29) is 5.91 Å². The summed E-state index contributed by atoms with van der Waals surface area (Å²) < 4.78 is 10.5. The molecule has 26 heavy (non-hydrogen) atoms. The number of carbonyl (C=O) groups excluding carboxylic acids is 1.